The number of nitrogens with zero attached hydrogens (tertiary/aromatic N) is 1. The fourth-order valence-electron chi connectivity index (χ4n) is 2.72. The summed E-state index contributed by atoms with van der Waals surface area (Å²) < 4.78 is 17.7. The predicted octanol–water partition coefficient (Wildman–Crippen LogP) is 7.53. The first-order chi connectivity index (χ1) is 15.3. The second-order valence-electron chi connectivity index (χ2n) is 6.96. The minimum atomic E-state index is 0.159. The van der Waals surface area contributed by atoms with Crippen LogP contribution < -0.4 is 9.47 Å². The van der Waals surface area contributed by atoms with Crippen LogP contribution in [0.1, 0.15) is 44.2 Å². The van der Waals surface area contributed by atoms with Crippen LogP contribution in [0.5, 0.6) is 11.5 Å². The van der Waals surface area contributed by atoms with E-state index in [1.165, 1.54) is 6.08 Å². The Morgan fingerprint density at radius 3 is 2.31 bits per heavy atom. The largest absolute Gasteiger partial charge is 0.493 e. The average molecular weight is 527 g/mol. The Morgan fingerprint density at radius 1 is 0.938 bits per heavy atom. The molecule has 0 radical (unpaired) electrons. The Morgan fingerprint density at radius 2 is 1.62 bits per heavy atom. The molecule has 0 unspecified atom stereocenters. The smallest absolute Gasteiger partial charge is 0.138 e. The minimum absolute atomic E-state index is 0.159. The van der Waals surface area contributed by atoms with Crippen molar-refractivity contribution in [1.29, 1.82) is 0 Å². The average Bonchev–Trinajstić information content (AvgIpc) is 2.73. The van der Waals surface area contributed by atoms with Gasteiger partial charge in [0.1, 0.15) is 33.7 Å². The van der Waals surface area contributed by atoms with E-state index in [0.717, 1.165) is 54.0 Å². The molecule has 0 aromatic heterocycles. The first kappa shape index (κ1) is 28.9. The van der Waals surface area contributed by atoms with Crippen molar-refractivity contribution in [3.8, 4) is 11.5 Å². The third-order valence-corrected chi connectivity index (χ3v) is 4.83. The Balaban J connectivity index is 2.28. The Bertz CT molecular complexity index is 774. The summed E-state index contributed by atoms with van der Waals surface area (Å²) in [7, 11) is 0. The van der Waals surface area contributed by atoms with Gasteiger partial charge >= 0.3 is 0 Å². The highest BCUT2D eigenvalue weighted by atomic mass is 35.5. The van der Waals surface area contributed by atoms with E-state index in [1.54, 1.807) is 6.08 Å². The van der Waals surface area contributed by atoms with Gasteiger partial charge in [-0.15, -0.1) is 0 Å². The van der Waals surface area contributed by atoms with Crippen molar-refractivity contribution in [3.05, 3.63) is 44.4 Å². The SMILES string of the molecule is CCc1cc(OCC=C(Cl)Cl)cc(C)c1OCCCCCOCC(C)=NOCC=C(Cl)Cl. The van der Waals surface area contributed by atoms with Gasteiger partial charge in [0.25, 0.3) is 0 Å². The van der Waals surface area contributed by atoms with Crippen LogP contribution in [0.2, 0.25) is 0 Å². The molecule has 1 rings (SSSR count). The van der Waals surface area contributed by atoms with Gasteiger partial charge in [0.05, 0.1) is 18.9 Å². The van der Waals surface area contributed by atoms with Crippen LogP contribution in [0.15, 0.2) is 38.4 Å². The number of hydrogen-bond acceptors (Lipinski definition) is 5. The summed E-state index contributed by atoms with van der Waals surface area (Å²) in [5.41, 5.74) is 2.92. The van der Waals surface area contributed by atoms with Crippen LogP contribution in [0.4, 0.5) is 0 Å². The lowest BCUT2D eigenvalue weighted by Crippen LogP contribution is -2.07. The number of halogens is 4. The first-order valence-electron chi connectivity index (χ1n) is 10.5. The first-order valence-corrected chi connectivity index (χ1v) is 12.0. The molecule has 0 saturated carbocycles. The van der Waals surface area contributed by atoms with Gasteiger partial charge in [-0.05, 0) is 74.9 Å². The highest BCUT2D eigenvalue weighted by molar-refractivity contribution is 6.56. The third-order valence-electron chi connectivity index (χ3n) is 4.22. The second kappa shape index (κ2) is 17.4. The number of rotatable bonds is 16. The number of aryl methyl sites for hydroxylation is 2. The molecule has 0 atom stereocenters. The fraction of sp³-hybridized carbons (Fsp3) is 0.522. The molecule has 180 valence electrons. The standard InChI is InChI=1S/C23H31Cl4NO4/c1-4-19-15-20(30-12-8-21(24)25)14-17(2)23(19)31-11-7-5-6-10-29-16-18(3)28-32-13-9-22(26)27/h8-9,14-15H,4-7,10-13,16H2,1-3H3. The number of benzene rings is 1. The van der Waals surface area contributed by atoms with E-state index >= 15 is 0 Å². The van der Waals surface area contributed by atoms with E-state index < -0.39 is 0 Å². The molecule has 0 aliphatic heterocycles. The molecule has 9 heteroatoms. The van der Waals surface area contributed by atoms with E-state index in [2.05, 4.69) is 12.1 Å². The summed E-state index contributed by atoms with van der Waals surface area (Å²) in [6.45, 7) is 8.26. The number of oxime groups is 1. The lowest BCUT2D eigenvalue weighted by molar-refractivity contribution is 0.148. The van der Waals surface area contributed by atoms with E-state index in [1.807, 2.05) is 26.0 Å². The van der Waals surface area contributed by atoms with Crippen LogP contribution in [0, 0.1) is 6.92 Å². The summed E-state index contributed by atoms with van der Waals surface area (Å²) in [4.78, 5) is 5.05. The van der Waals surface area contributed by atoms with Crippen LogP contribution >= 0.6 is 46.4 Å². The quantitative estimate of drug-likeness (QED) is 0.127. The van der Waals surface area contributed by atoms with Gasteiger partial charge < -0.3 is 19.0 Å². The molecule has 1 aromatic carbocycles. The van der Waals surface area contributed by atoms with Gasteiger partial charge in [0, 0.05) is 6.61 Å². The molecule has 5 nitrogen and oxygen atoms in total. The van der Waals surface area contributed by atoms with Crippen LogP contribution in [-0.4, -0.2) is 38.7 Å². The lowest BCUT2D eigenvalue weighted by atomic mass is 10.1. The Kier molecular flexibility index (Phi) is 15.7. The van der Waals surface area contributed by atoms with Crippen molar-refractivity contribution in [2.24, 2.45) is 5.16 Å². The molecule has 0 N–H and O–H groups in total. The predicted molar refractivity (Wildman–Crippen MR) is 135 cm³/mol. The van der Waals surface area contributed by atoms with Crippen LogP contribution in [-0.2, 0) is 16.0 Å². The molecular weight excluding hydrogens is 496 g/mol. The molecule has 0 aliphatic rings. The zero-order valence-corrected chi connectivity index (χ0v) is 21.8. The highest BCUT2D eigenvalue weighted by Gasteiger charge is 2.09. The zero-order valence-electron chi connectivity index (χ0n) is 18.8. The fourth-order valence-corrected chi connectivity index (χ4v) is 2.97. The maximum Gasteiger partial charge on any atom is 0.138 e. The molecule has 0 heterocycles. The monoisotopic (exact) mass is 525 g/mol. The third kappa shape index (κ3) is 13.4. The summed E-state index contributed by atoms with van der Waals surface area (Å²) in [6, 6.07) is 3.97. The second-order valence-corrected chi connectivity index (χ2v) is 8.98. The molecule has 32 heavy (non-hydrogen) atoms. The summed E-state index contributed by atoms with van der Waals surface area (Å²) in [5, 5.41) is 3.92. The van der Waals surface area contributed by atoms with Crippen LogP contribution in [0.25, 0.3) is 0 Å². The van der Waals surface area contributed by atoms with Gasteiger partial charge in [-0.1, -0.05) is 58.5 Å². The Labute approximate surface area is 211 Å². The molecule has 1 aromatic rings. The molecule has 0 saturated heterocycles. The van der Waals surface area contributed by atoms with Gasteiger partial charge in [0.2, 0.25) is 0 Å². The van der Waals surface area contributed by atoms with Gasteiger partial charge in [-0.2, -0.15) is 0 Å². The van der Waals surface area contributed by atoms with Gasteiger partial charge in [-0.25, -0.2) is 0 Å². The van der Waals surface area contributed by atoms with Gasteiger partial charge in [-0.3, -0.25) is 0 Å². The van der Waals surface area contributed by atoms with E-state index in [4.69, 9.17) is 65.5 Å². The van der Waals surface area contributed by atoms with Crippen molar-refractivity contribution < 1.29 is 19.0 Å². The normalized spacial score (nSPS) is 11.2. The maximum atomic E-state index is 6.06. The maximum absolute atomic E-state index is 6.06. The van der Waals surface area contributed by atoms with Crippen molar-refractivity contribution in [3.63, 3.8) is 0 Å². The van der Waals surface area contributed by atoms with E-state index in [9.17, 15) is 0 Å². The number of hydrogen-bond donors (Lipinski definition) is 0. The number of ether oxygens (including phenoxy) is 3. The van der Waals surface area contributed by atoms with Crippen molar-refractivity contribution in [2.45, 2.75) is 46.5 Å². The van der Waals surface area contributed by atoms with Crippen molar-refractivity contribution >= 4 is 52.1 Å². The Hall–Kier alpha value is -1.11. The molecule has 0 amide bonds. The van der Waals surface area contributed by atoms with E-state index in [0.29, 0.717) is 26.4 Å². The summed E-state index contributed by atoms with van der Waals surface area (Å²) >= 11 is 22.2. The highest BCUT2D eigenvalue weighted by Crippen LogP contribution is 2.30. The zero-order chi connectivity index (χ0) is 23.8. The molecule has 0 aliphatic carbocycles. The summed E-state index contributed by atoms with van der Waals surface area (Å²) in [5.74, 6) is 1.71. The lowest BCUT2D eigenvalue weighted by Gasteiger charge is -2.15. The summed E-state index contributed by atoms with van der Waals surface area (Å²) in [6.07, 6.45) is 6.90. The molecular formula is C23H31Cl4NO4. The van der Waals surface area contributed by atoms with E-state index in [-0.39, 0.29) is 15.6 Å². The van der Waals surface area contributed by atoms with Crippen molar-refractivity contribution in [1.82, 2.24) is 0 Å². The topological polar surface area (TPSA) is 49.3 Å². The molecule has 0 bridgehead atoms. The minimum Gasteiger partial charge on any atom is -0.493 e. The van der Waals surface area contributed by atoms with Crippen LogP contribution in [0.3, 0.4) is 0 Å². The van der Waals surface area contributed by atoms with Crippen molar-refractivity contribution in [2.75, 3.05) is 33.0 Å². The number of unbranched alkanes of at least 4 members (excludes halogenated alkanes) is 2. The molecule has 0 spiro atoms. The van der Waals surface area contributed by atoms with Gasteiger partial charge in [0.15, 0.2) is 0 Å². The molecule has 0 fully saturated rings.